The first-order valence-electron chi connectivity index (χ1n) is 8.05. The molecule has 132 valence electrons. The van der Waals surface area contributed by atoms with Gasteiger partial charge in [0, 0.05) is 25.0 Å². The number of hydrogen-bond donors (Lipinski definition) is 2. The third-order valence-electron chi connectivity index (χ3n) is 3.92. The number of carbonyl (C=O) groups excluding carboxylic acids is 2. The van der Waals surface area contributed by atoms with E-state index in [1.807, 2.05) is 0 Å². The Morgan fingerprint density at radius 1 is 0.923 bits per heavy atom. The number of amides is 2. The second-order valence-corrected chi connectivity index (χ2v) is 5.69. The first kappa shape index (κ1) is 17.3. The highest BCUT2D eigenvalue weighted by Crippen LogP contribution is 2.21. The predicted molar refractivity (Wildman–Crippen MR) is 101 cm³/mol. The van der Waals surface area contributed by atoms with Crippen LogP contribution in [0.5, 0.6) is 5.75 Å². The number of methoxy groups -OCH3 is 1. The molecule has 0 bridgehead atoms. The molecule has 6 nitrogen and oxygen atoms in total. The lowest BCUT2D eigenvalue weighted by Crippen LogP contribution is -2.19. The van der Waals surface area contributed by atoms with Crippen molar-refractivity contribution in [2.75, 3.05) is 17.7 Å². The van der Waals surface area contributed by atoms with Crippen molar-refractivity contribution in [3.63, 3.8) is 0 Å². The van der Waals surface area contributed by atoms with Gasteiger partial charge in [-0.3, -0.25) is 9.59 Å². The number of nitrogens with zero attached hydrogens (tertiary/aromatic N) is 1. The summed E-state index contributed by atoms with van der Waals surface area (Å²) in [6.07, 6.45) is 1.79. The van der Waals surface area contributed by atoms with Gasteiger partial charge in [-0.05, 0) is 36.4 Å². The molecule has 0 fully saturated rings. The van der Waals surface area contributed by atoms with Crippen LogP contribution in [0.15, 0.2) is 66.9 Å². The maximum absolute atomic E-state index is 12.7. The van der Waals surface area contributed by atoms with Crippen molar-refractivity contribution in [2.45, 2.75) is 0 Å². The molecule has 2 amide bonds. The molecule has 0 unspecified atom stereocenters. The van der Waals surface area contributed by atoms with Crippen LogP contribution < -0.4 is 15.4 Å². The molecular weight excluding hydrogens is 330 g/mol. The predicted octanol–water partition coefficient (Wildman–Crippen LogP) is 3.54. The second kappa shape index (κ2) is 7.57. The van der Waals surface area contributed by atoms with Crippen LogP contribution in [0.3, 0.4) is 0 Å². The number of rotatable bonds is 5. The molecule has 0 spiro atoms. The third-order valence-corrected chi connectivity index (χ3v) is 3.92. The molecule has 1 aromatic heterocycles. The molecule has 1 heterocycles. The van der Waals surface area contributed by atoms with Crippen molar-refractivity contribution in [3.8, 4) is 5.75 Å². The molecule has 0 atom stereocenters. The summed E-state index contributed by atoms with van der Waals surface area (Å²) in [6, 6.07) is 17.5. The van der Waals surface area contributed by atoms with Crippen LogP contribution in [0.2, 0.25) is 0 Å². The fourth-order valence-corrected chi connectivity index (χ4v) is 2.57. The summed E-state index contributed by atoms with van der Waals surface area (Å²) in [5.74, 6) is 0.0493. The number of nitrogens with one attached hydrogen (secondary N) is 2. The van der Waals surface area contributed by atoms with Gasteiger partial charge in [-0.1, -0.05) is 18.2 Å². The zero-order valence-corrected chi connectivity index (χ0v) is 14.5. The van der Waals surface area contributed by atoms with Crippen LogP contribution in [-0.4, -0.2) is 23.5 Å². The topological polar surface area (TPSA) is 72.4 Å². The van der Waals surface area contributed by atoms with Crippen LogP contribution in [0, 0.1) is 0 Å². The lowest BCUT2D eigenvalue weighted by Gasteiger charge is -2.12. The molecule has 6 heteroatoms. The van der Waals surface area contributed by atoms with Gasteiger partial charge in [-0.2, -0.15) is 0 Å². The minimum absolute atomic E-state index is 0.279. The highest BCUT2D eigenvalue weighted by Gasteiger charge is 2.15. The number of para-hydroxylation sites is 1. The van der Waals surface area contributed by atoms with E-state index in [-0.39, 0.29) is 11.8 Å². The minimum atomic E-state index is -0.318. The number of ether oxygens (including phenoxy) is 1. The van der Waals surface area contributed by atoms with Crippen molar-refractivity contribution >= 4 is 23.2 Å². The van der Waals surface area contributed by atoms with Crippen LogP contribution in [0.4, 0.5) is 11.4 Å². The summed E-state index contributed by atoms with van der Waals surface area (Å²) in [5.41, 5.74) is 1.93. The second-order valence-electron chi connectivity index (χ2n) is 5.69. The van der Waals surface area contributed by atoms with Crippen LogP contribution in [0.25, 0.3) is 0 Å². The van der Waals surface area contributed by atoms with Crippen molar-refractivity contribution in [2.24, 2.45) is 7.05 Å². The molecule has 3 rings (SSSR count). The third kappa shape index (κ3) is 3.75. The number of aryl methyl sites for hydroxylation is 1. The maximum atomic E-state index is 12.7. The molecule has 2 N–H and O–H groups in total. The zero-order valence-electron chi connectivity index (χ0n) is 14.5. The van der Waals surface area contributed by atoms with Gasteiger partial charge in [0.2, 0.25) is 0 Å². The van der Waals surface area contributed by atoms with E-state index in [4.69, 9.17) is 4.74 Å². The van der Waals surface area contributed by atoms with Gasteiger partial charge in [-0.25, -0.2) is 0 Å². The molecule has 2 aromatic carbocycles. The summed E-state index contributed by atoms with van der Waals surface area (Å²) >= 11 is 0. The molecule has 26 heavy (non-hydrogen) atoms. The number of carbonyl (C=O) groups is 2. The van der Waals surface area contributed by atoms with Crippen molar-refractivity contribution in [1.82, 2.24) is 4.57 Å². The maximum Gasteiger partial charge on any atom is 0.272 e. The molecular formula is C20H19N3O3. The first-order valence-corrected chi connectivity index (χ1v) is 8.05. The highest BCUT2D eigenvalue weighted by molar-refractivity contribution is 6.12. The molecule has 0 saturated carbocycles. The van der Waals surface area contributed by atoms with Crippen molar-refractivity contribution in [1.29, 1.82) is 0 Å². The van der Waals surface area contributed by atoms with E-state index in [1.165, 1.54) is 0 Å². The number of aromatic nitrogens is 1. The summed E-state index contributed by atoms with van der Waals surface area (Å²) in [4.78, 5) is 25.1. The van der Waals surface area contributed by atoms with E-state index in [2.05, 4.69) is 10.6 Å². The lowest BCUT2D eigenvalue weighted by molar-refractivity contribution is 0.101. The standard InChI is InChI=1S/C20H19N3O3/c1-23-12-6-11-18(23)20(25)22-17-10-4-3-9-16(17)19(24)21-14-7-5-8-15(13-14)26-2/h3-13H,1-2H3,(H,21,24)(H,22,25). The van der Waals surface area contributed by atoms with Crippen molar-refractivity contribution in [3.05, 3.63) is 78.1 Å². The summed E-state index contributed by atoms with van der Waals surface area (Å²) in [7, 11) is 3.35. The number of benzene rings is 2. The monoisotopic (exact) mass is 349 g/mol. The Morgan fingerprint density at radius 3 is 2.46 bits per heavy atom. The van der Waals surface area contributed by atoms with E-state index in [9.17, 15) is 9.59 Å². The average Bonchev–Trinajstić information content (AvgIpc) is 3.08. The van der Waals surface area contributed by atoms with Gasteiger partial charge >= 0.3 is 0 Å². The fraction of sp³-hybridized carbons (Fsp3) is 0.100. The van der Waals surface area contributed by atoms with Gasteiger partial charge in [0.25, 0.3) is 11.8 Å². The minimum Gasteiger partial charge on any atom is -0.497 e. The molecule has 0 radical (unpaired) electrons. The fourth-order valence-electron chi connectivity index (χ4n) is 2.57. The lowest BCUT2D eigenvalue weighted by atomic mass is 10.1. The van der Waals surface area contributed by atoms with E-state index in [0.29, 0.717) is 28.4 Å². The smallest absolute Gasteiger partial charge is 0.272 e. The summed E-state index contributed by atoms with van der Waals surface area (Å²) < 4.78 is 6.88. The molecule has 0 aliphatic rings. The van der Waals surface area contributed by atoms with Crippen LogP contribution in [-0.2, 0) is 7.05 Å². The molecule has 0 saturated heterocycles. The first-order chi connectivity index (χ1) is 12.6. The Balaban J connectivity index is 1.81. The molecule has 0 aliphatic carbocycles. The molecule has 3 aromatic rings. The molecule has 0 aliphatic heterocycles. The van der Waals surface area contributed by atoms with Crippen molar-refractivity contribution < 1.29 is 14.3 Å². The van der Waals surface area contributed by atoms with Gasteiger partial charge in [0.15, 0.2) is 0 Å². The van der Waals surface area contributed by atoms with Gasteiger partial charge in [0.05, 0.1) is 18.4 Å². The highest BCUT2D eigenvalue weighted by atomic mass is 16.5. The van der Waals surface area contributed by atoms with Gasteiger partial charge in [0.1, 0.15) is 11.4 Å². The zero-order chi connectivity index (χ0) is 18.5. The van der Waals surface area contributed by atoms with Crippen LogP contribution in [0.1, 0.15) is 20.8 Å². The quantitative estimate of drug-likeness (QED) is 0.740. The Bertz CT molecular complexity index is 947. The SMILES string of the molecule is COc1cccc(NC(=O)c2ccccc2NC(=O)c2cccn2C)c1. The Hall–Kier alpha value is -3.54. The number of anilines is 2. The van der Waals surface area contributed by atoms with Gasteiger partial charge < -0.3 is 19.9 Å². The number of hydrogen-bond acceptors (Lipinski definition) is 3. The average molecular weight is 349 g/mol. The van der Waals surface area contributed by atoms with E-state index >= 15 is 0 Å². The largest absolute Gasteiger partial charge is 0.497 e. The van der Waals surface area contributed by atoms with E-state index < -0.39 is 0 Å². The summed E-state index contributed by atoms with van der Waals surface area (Å²) in [6.45, 7) is 0. The Kier molecular flexibility index (Phi) is 5.03. The van der Waals surface area contributed by atoms with E-state index in [0.717, 1.165) is 0 Å². The Labute approximate surface area is 151 Å². The van der Waals surface area contributed by atoms with E-state index in [1.54, 1.807) is 85.6 Å². The van der Waals surface area contributed by atoms with Crippen LogP contribution >= 0.6 is 0 Å². The normalized spacial score (nSPS) is 10.2. The Morgan fingerprint density at radius 2 is 1.73 bits per heavy atom. The summed E-state index contributed by atoms with van der Waals surface area (Å²) in [5, 5.41) is 5.61. The van der Waals surface area contributed by atoms with Gasteiger partial charge in [-0.15, -0.1) is 0 Å².